The fraction of sp³-hybridized carbons (Fsp3) is 0.429. The molecule has 0 amide bonds. The topological polar surface area (TPSA) is 6.48 Å². The molecular formula is C21H25Cl3N2. The molecule has 1 saturated heterocycles. The molecule has 3 rings (SSSR count). The van der Waals surface area contributed by atoms with E-state index >= 15 is 0 Å². The van der Waals surface area contributed by atoms with E-state index in [9.17, 15) is 0 Å². The van der Waals surface area contributed by atoms with Crippen LogP contribution >= 0.6 is 34.8 Å². The van der Waals surface area contributed by atoms with Crippen LogP contribution in [0.1, 0.15) is 31.9 Å². The molecule has 2 aromatic carbocycles. The van der Waals surface area contributed by atoms with Crippen LogP contribution in [-0.4, -0.2) is 31.1 Å². The third-order valence-electron chi connectivity index (χ3n) is 5.21. The first-order valence-electron chi connectivity index (χ1n) is 9.17. The maximum atomic E-state index is 6.52. The second-order valence-electron chi connectivity index (χ2n) is 7.13. The molecule has 0 bridgehead atoms. The Morgan fingerprint density at radius 3 is 2.35 bits per heavy atom. The van der Waals surface area contributed by atoms with Crippen molar-refractivity contribution >= 4 is 40.5 Å². The van der Waals surface area contributed by atoms with E-state index in [4.69, 9.17) is 34.8 Å². The summed E-state index contributed by atoms with van der Waals surface area (Å²) < 4.78 is 0. The maximum absolute atomic E-state index is 6.52. The van der Waals surface area contributed by atoms with E-state index in [0.29, 0.717) is 16.0 Å². The van der Waals surface area contributed by atoms with Gasteiger partial charge in [-0.25, -0.2) is 0 Å². The van der Waals surface area contributed by atoms with Crippen molar-refractivity contribution in [3.05, 3.63) is 63.1 Å². The van der Waals surface area contributed by atoms with Crippen LogP contribution in [0.4, 0.5) is 5.69 Å². The summed E-state index contributed by atoms with van der Waals surface area (Å²) in [6.07, 6.45) is 1.20. The molecule has 26 heavy (non-hydrogen) atoms. The number of piperazine rings is 1. The van der Waals surface area contributed by atoms with E-state index < -0.39 is 0 Å². The van der Waals surface area contributed by atoms with E-state index in [1.165, 1.54) is 12.0 Å². The minimum absolute atomic E-state index is 0.240. The molecule has 140 valence electrons. The Balaban J connectivity index is 1.90. The van der Waals surface area contributed by atoms with Gasteiger partial charge in [0.15, 0.2) is 0 Å². The highest BCUT2D eigenvalue weighted by Gasteiger charge is 2.30. The Bertz CT molecular complexity index is 733. The van der Waals surface area contributed by atoms with Gasteiger partial charge in [-0.1, -0.05) is 67.2 Å². The van der Waals surface area contributed by atoms with E-state index in [0.717, 1.165) is 36.9 Å². The van der Waals surface area contributed by atoms with Crippen LogP contribution in [0, 0.1) is 5.92 Å². The third-order valence-corrected chi connectivity index (χ3v) is 6.00. The summed E-state index contributed by atoms with van der Waals surface area (Å²) in [5.74, 6) is 0.700. The maximum Gasteiger partial charge on any atom is 0.0670 e. The summed E-state index contributed by atoms with van der Waals surface area (Å²) in [6.45, 7) is 8.65. The smallest absolute Gasteiger partial charge is 0.0670 e. The van der Waals surface area contributed by atoms with Crippen molar-refractivity contribution in [3.63, 3.8) is 0 Å². The van der Waals surface area contributed by atoms with Crippen LogP contribution < -0.4 is 4.90 Å². The van der Waals surface area contributed by atoms with Gasteiger partial charge in [-0.15, -0.1) is 0 Å². The molecule has 2 nitrogen and oxygen atoms in total. The zero-order chi connectivity index (χ0) is 18.7. The number of hydrogen-bond acceptors (Lipinski definition) is 2. The standard InChI is InChI=1S/C21H25Cl3N2/c1-3-15(2)13-25-10-11-26(20-9-8-18(23)12-19(20)24)21(14-25)16-4-6-17(22)7-5-16/h4-9,12,15,21H,3,10-11,13-14H2,1-2H3. The highest BCUT2D eigenvalue weighted by Crippen LogP contribution is 2.37. The normalized spacial score (nSPS) is 19.6. The van der Waals surface area contributed by atoms with Crippen LogP contribution in [0.2, 0.25) is 15.1 Å². The van der Waals surface area contributed by atoms with Crippen molar-refractivity contribution < 1.29 is 0 Å². The van der Waals surface area contributed by atoms with Gasteiger partial charge in [-0.3, -0.25) is 4.90 Å². The summed E-state index contributed by atoms with van der Waals surface area (Å²) >= 11 is 18.7. The monoisotopic (exact) mass is 410 g/mol. The number of halogens is 3. The van der Waals surface area contributed by atoms with Crippen molar-refractivity contribution in [1.29, 1.82) is 0 Å². The molecule has 1 aliphatic heterocycles. The van der Waals surface area contributed by atoms with Gasteiger partial charge in [-0.2, -0.15) is 0 Å². The fourth-order valence-corrected chi connectivity index (χ4v) is 4.19. The average molecular weight is 412 g/mol. The lowest BCUT2D eigenvalue weighted by Crippen LogP contribution is -2.49. The van der Waals surface area contributed by atoms with Gasteiger partial charge in [0.2, 0.25) is 0 Å². The predicted octanol–water partition coefficient (Wildman–Crippen LogP) is 6.56. The first-order valence-corrected chi connectivity index (χ1v) is 10.3. The summed E-state index contributed by atoms with van der Waals surface area (Å²) in [4.78, 5) is 4.96. The molecule has 1 aliphatic rings. The molecule has 2 unspecified atom stereocenters. The average Bonchev–Trinajstić information content (AvgIpc) is 2.63. The highest BCUT2D eigenvalue weighted by molar-refractivity contribution is 6.36. The lowest BCUT2D eigenvalue weighted by molar-refractivity contribution is 0.195. The van der Waals surface area contributed by atoms with Gasteiger partial charge in [0.1, 0.15) is 0 Å². The zero-order valence-electron chi connectivity index (χ0n) is 15.3. The molecular weight excluding hydrogens is 387 g/mol. The fourth-order valence-electron chi connectivity index (χ4n) is 3.55. The summed E-state index contributed by atoms with van der Waals surface area (Å²) in [6, 6.07) is 14.2. The Hall–Kier alpha value is -0.930. The van der Waals surface area contributed by atoms with Crippen LogP contribution in [0.3, 0.4) is 0 Å². The van der Waals surface area contributed by atoms with Crippen molar-refractivity contribution in [2.24, 2.45) is 5.92 Å². The van der Waals surface area contributed by atoms with Gasteiger partial charge < -0.3 is 4.90 Å². The molecule has 0 radical (unpaired) electrons. The second kappa shape index (κ2) is 8.84. The number of nitrogens with zero attached hydrogens (tertiary/aromatic N) is 2. The van der Waals surface area contributed by atoms with Gasteiger partial charge in [0.25, 0.3) is 0 Å². The molecule has 1 heterocycles. The molecule has 2 aromatic rings. The van der Waals surface area contributed by atoms with Crippen molar-refractivity contribution in [2.45, 2.75) is 26.3 Å². The van der Waals surface area contributed by atoms with E-state index in [2.05, 4.69) is 35.8 Å². The van der Waals surface area contributed by atoms with Gasteiger partial charge in [0.05, 0.1) is 16.8 Å². The summed E-state index contributed by atoms with van der Waals surface area (Å²) in [7, 11) is 0. The largest absolute Gasteiger partial charge is 0.361 e. The van der Waals surface area contributed by atoms with Gasteiger partial charge in [-0.05, 0) is 41.8 Å². The van der Waals surface area contributed by atoms with Gasteiger partial charge in [0, 0.05) is 36.2 Å². The quantitative estimate of drug-likeness (QED) is 0.550. The molecule has 5 heteroatoms. The molecule has 0 aromatic heterocycles. The van der Waals surface area contributed by atoms with Crippen LogP contribution in [-0.2, 0) is 0 Å². The lowest BCUT2D eigenvalue weighted by Gasteiger charge is -2.44. The first-order chi connectivity index (χ1) is 12.5. The number of anilines is 1. The third kappa shape index (κ3) is 4.67. The molecule has 0 spiro atoms. The molecule has 0 N–H and O–H groups in total. The second-order valence-corrected chi connectivity index (χ2v) is 8.41. The van der Waals surface area contributed by atoms with Gasteiger partial charge >= 0.3 is 0 Å². The lowest BCUT2D eigenvalue weighted by atomic mass is 10.00. The number of rotatable bonds is 5. The van der Waals surface area contributed by atoms with E-state index in [1.54, 1.807) is 0 Å². The van der Waals surface area contributed by atoms with Crippen molar-refractivity contribution in [3.8, 4) is 0 Å². The minimum Gasteiger partial charge on any atom is -0.361 e. The molecule has 2 atom stereocenters. The van der Waals surface area contributed by atoms with Crippen LogP contribution in [0.25, 0.3) is 0 Å². The SMILES string of the molecule is CCC(C)CN1CCN(c2ccc(Cl)cc2Cl)C(c2ccc(Cl)cc2)C1. The Morgan fingerprint density at radius 2 is 1.69 bits per heavy atom. The van der Waals surface area contributed by atoms with Crippen LogP contribution in [0.15, 0.2) is 42.5 Å². The Labute approximate surface area is 171 Å². The Kier molecular flexibility index (Phi) is 6.74. The highest BCUT2D eigenvalue weighted by atomic mass is 35.5. The summed E-state index contributed by atoms with van der Waals surface area (Å²) in [5.41, 5.74) is 2.30. The Morgan fingerprint density at radius 1 is 1.00 bits per heavy atom. The minimum atomic E-state index is 0.240. The molecule has 0 saturated carbocycles. The number of benzene rings is 2. The van der Waals surface area contributed by atoms with E-state index in [1.807, 2.05) is 30.3 Å². The molecule has 1 fully saturated rings. The zero-order valence-corrected chi connectivity index (χ0v) is 17.5. The predicted molar refractivity (Wildman–Crippen MR) is 114 cm³/mol. The number of hydrogen-bond donors (Lipinski definition) is 0. The molecule has 0 aliphatic carbocycles. The van der Waals surface area contributed by atoms with Crippen molar-refractivity contribution in [1.82, 2.24) is 4.90 Å². The summed E-state index contributed by atoms with van der Waals surface area (Å²) in [5, 5.41) is 2.13. The first kappa shape index (κ1) is 19.8. The van der Waals surface area contributed by atoms with Crippen molar-refractivity contribution in [2.75, 3.05) is 31.1 Å². The van der Waals surface area contributed by atoms with Crippen LogP contribution in [0.5, 0.6) is 0 Å². The van der Waals surface area contributed by atoms with E-state index in [-0.39, 0.29) is 6.04 Å².